The van der Waals surface area contributed by atoms with Gasteiger partial charge in [-0.1, -0.05) is 42.5 Å². The Bertz CT molecular complexity index is 1170. The van der Waals surface area contributed by atoms with Gasteiger partial charge < -0.3 is 10.1 Å². The standard InChI is InChI=1S/C24H26N2O4S/c1-30-24(27)20-9-5-15-26(17-20)31(28,29)22-13-11-21(12-14-22)25-16-19-8-4-7-18-6-2-3-10-23(18)19/h2-4,6-8,10-14,20,25H,5,9,15-17H2,1H3/t20-/m0/s1. The molecule has 0 unspecified atom stereocenters. The Hall–Kier alpha value is -2.90. The fourth-order valence-corrected chi connectivity index (χ4v) is 5.58. The third-order valence-corrected chi connectivity index (χ3v) is 7.65. The predicted octanol–water partition coefficient (Wildman–Crippen LogP) is 4.03. The molecule has 1 aliphatic heterocycles. The maximum Gasteiger partial charge on any atom is 0.309 e. The largest absolute Gasteiger partial charge is 0.469 e. The number of nitrogens with zero attached hydrogens (tertiary/aromatic N) is 1. The third kappa shape index (κ3) is 4.57. The third-order valence-electron chi connectivity index (χ3n) is 5.77. The summed E-state index contributed by atoms with van der Waals surface area (Å²) in [6.07, 6.45) is 1.29. The van der Waals surface area contributed by atoms with Gasteiger partial charge >= 0.3 is 5.97 Å². The summed E-state index contributed by atoms with van der Waals surface area (Å²) in [5.74, 6) is -0.761. The zero-order valence-corrected chi connectivity index (χ0v) is 18.3. The van der Waals surface area contributed by atoms with Gasteiger partial charge in [0.15, 0.2) is 0 Å². The highest BCUT2D eigenvalue weighted by molar-refractivity contribution is 7.89. The maximum atomic E-state index is 13.0. The zero-order chi connectivity index (χ0) is 21.8. The molecule has 0 spiro atoms. The van der Waals surface area contributed by atoms with Crippen LogP contribution in [0.2, 0.25) is 0 Å². The monoisotopic (exact) mass is 438 g/mol. The topological polar surface area (TPSA) is 75.7 Å². The molecule has 0 aromatic heterocycles. The van der Waals surface area contributed by atoms with Gasteiger partial charge in [-0.3, -0.25) is 4.79 Å². The molecule has 4 rings (SSSR count). The first-order valence-corrected chi connectivity index (χ1v) is 11.8. The molecule has 3 aromatic carbocycles. The van der Waals surface area contributed by atoms with Crippen LogP contribution in [0.5, 0.6) is 0 Å². The molecule has 0 aliphatic carbocycles. The molecule has 6 nitrogen and oxygen atoms in total. The molecular weight excluding hydrogens is 412 g/mol. The molecule has 0 bridgehead atoms. The second kappa shape index (κ2) is 9.08. The average Bonchev–Trinajstić information content (AvgIpc) is 2.82. The van der Waals surface area contributed by atoms with Crippen molar-refractivity contribution in [1.29, 1.82) is 0 Å². The van der Waals surface area contributed by atoms with E-state index in [4.69, 9.17) is 4.74 Å². The lowest BCUT2D eigenvalue weighted by Gasteiger charge is -2.30. The number of ether oxygens (including phenoxy) is 1. The van der Waals surface area contributed by atoms with E-state index in [2.05, 4.69) is 29.6 Å². The lowest BCUT2D eigenvalue weighted by atomic mass is 10.0. The van der Waals surface area contributed by atoms with Gasteiger partial charge in [0.25, 0.3) is 0 Å². The van der Waals surface area contributed by atoms with Crippen LogP contribution >= 0.6 is 0 Å². The predicted molar refractivity (Wildman–Crippen MR) is 121 cm³/mol. The molecule has 1 fully saturated rings. The molecule has 1 heterocycles. The van der Waals surface area contributed by atoms with E-state index in [0.29, 0.717) is 25.9 Å². The van der Waals surface area contributed by atoms with Gasteiger partial charge in [0.05, 0.1) is 17.9 Å². The molecule has 0 saturated carbocycles. The second-order valence-corrected chi connectivity index (χ2v) is 9.68. The summed E-state index contributed by atoms with van der Waals surface area (Å²) in [6.45, 7) is 1.22. The van der Waals surface area contributed by atoms with Crippen molar-refractivity contribution in [1.82, 2.24) is 4.31 Å². The summed E-state index contributed by atoms with van der Waals surface area (Å²) in [5.41, 5.74) is 2.02. The number of carbonyl (C=O) groups is 1. The van der Waals surface area contributed by atoms with Crippen LogP contribution in [-0.2, 0) is 26.1 Å². The smallest absolute Gasteiger partial charge is 0.309 e. The molecule has 3 aromatic rings. The van der Waals surface area contributed by atoms with Crippen LogP contribution < -0.4 is 5.32 Å². The van der Waals surface area contributed by atoms with Gasteiger partial charge in [0.2, 0.25) is 10.0 Å². The summed E-state index contributed by atoms with van der Waals surface area (Å²) in [4.78, 5) is 12.1. The normalized spacial score (nSPS) is 17.4. The van der Waals surface area contributed by atoms with Crippen molar-refractivity contribution in [2.24, 2.45) is 5.92 Å². The van der Waals surface area contributed by atoms with E-state index in [9.17, 15) is 13.2 Å². The lowest BCUT2D eigenvalue weighted by molar-refractivity contribution is -0.146. The average molecular weight is 439 g/mol. The van der Waals surface area contributed by atoms with Gasteiger partial charge in [-0.2, -0.15) is 4.31 Å². The first-order chi connectivity index (χ1) is 15.0. The molecule has 0 amide bonds. The number of piperidine rings is 1. The number of hydrogen-bond acceptors (Lipinski definition) is 5. The molecule has 0 radical (unpaired) electrons. The number of methoxy groups -OCH3 is 1. The maximum absolute atomic E-state index is 13.0. The highest BCUT2D eigenvalue weighted by Crippen LogP contribution is 2.26. The van der Waals surface area contributed by atoms with Crippen LogP contribution in [0.4, 0.5) is 5.69 Å². The molecule has 1 aliphatic rings. The number of nitrogens with one attached hydrogen (secondary N) is 1. The highest BCUT2D eigenvalue weighted by Gasteiger charge is 2.33. The number of sulfonamides is 1. The molecule has 1 N–H and O–H groups in total. The summed E-state index contributed by atoms with van der Waals surface area (Å²) < 4.78 is 32.2. The van der Waals surface area contributed by atoms with Crippen molar-refractivity contribution in [3.8, 4) is 0 Å². The summed E-state index contributed by atoms with van der Waals surface area (Å²) >= 11 is 0. The number of esters is 1. The Morgan fingerprint density at radius 3 is 2.58 bits per heavy atom. The van der Waals surface area contributed by atoms with E-state index in [1.54, 1.807) is 24.3 Å². The number of fused-ring (bicyclic) bond motifs is 1. The van der Waals surface area contributed by atoms with Crippen LogP contribution in [0.25, 0.3) is 10.8 Å². The Morgan fingerprint density at radius 1 is 1.06 bits per heavy atom. The first kappa shape index (κ1) is 21.3. The minimum absolute atomic E-state index is 0.163. The lowest BCUT2D eigenvalue weighted by Crippen LogP contribution is -2.42. The quantitative estimate of drug-likeness (QED) is 0.588. The zero-order valence-electron chi connectivity index (χ0n) is 17.5. The van der Waals surface area contributed by atoms with Crippen molar-refractivity contribution in [2.45, 2.75) is 24.3 Å². The minimum Gasteiger partial charge on any atom is -0.469 e. The van der Waals surface area contributed by atoms with Gasteiger partial charge in [-0.25, -0.2) is 8.42 Å². The van der Waals surface area contributed by atoms with Crippen molar-refractivity contribution in [3.63, 3.8) is 0 Å². The number of hydrogen-bond donors (Lipinski definition) is 1. The first-order valence-electron chi connectivity index (χ1n) is 10.4. The molecule has 1 saturated heterocycles. The number of benzene rings is 3. The second-order valence-electron chi connectivity index (χ2n) is 7.74. The number of rotatable bonds is 6. The molecule has 31 heavy (non-hydrogen) atoms. The minimum atomic E-state index is -3.65. The Morgan fingerprint density at radius 2 is 1.81 bits per heavy atom. The van der Waals surface area contributed by atoms with Crippen molar-refractivity contribution in [2.75, 3.05) is 25.5 Å². The van der Waals surface area contributed by atoms with Crippen molar-refractivity contribution in [3.05, 3.63) is 72.3 Å². The van der Waals surface area contributed by atoms with E-state index in [1.165, 1.54) is 27.8 Å². The van der Waals surface area contributed by atoms with E-state index >= 15 is 0 Å². The van der Waals surface area contributed by atoms with E-state index in [0.717, 1.165) is 5.69 Å². The number of carbonyl (C=O) groups excluding carboxylic acids is 1. The Balaban J connectivity index is 1.45. The van der Waals surface area contributed by atoms with Crippen LogP contribution in [0, 0.1) is 5.92 Å². The Kier molecular flexibility index (Phi) is 6.25. The van der Waals surface area contributed by atoms with Crippen molar-refractivity contribution < 1.29 is 17.9 Å². The van der Waals surface area contributed by atoms with Gasteiger partial charge in [0.1, 0.15) is 0 Å². The van der Waals surface area contributed by atoms with E-state index in [-0.39, 0.29) is 17.4 Å². The SMILES string of the molecule is COC(=O)[C@H]1CCCN(S(=O)(=O)c2ccc(NCc3cccc4ccccc34)cc2)C1. The fraction of sp³-hybridized carbons (Fsp3) is 0.292. The van der Waals surface area contributed by atoms with Crippen LogP contribution in [-0.4, -0.2) is 38.9 Å². The molecular formula is C24H26N2O4S. The summed E-state index contributed by atoms with van der Waals surface area (Å²) in [6, 6.07) is 21.2. The van der Waals surface area contributed by atoms with Crippen molar-refractivity contribution >= 4 is 32.5 Å². The highest BCUT2D eigenvalue weighted by atomic mass is 32.2. The van der Waals surface area contributed by atoms with Crippen LogP contribution in [0.1, 0.15) is 18.4 Å². The van der Waals surface area contributed by atoms with Gasteiger partial charge in [-0.15, -0.1) is 0 Å². The van der Waals surface area contributed by atoms with E-state index in [1.807, 2.05) is 18.2 Å². The molecule has 7 heteroatoms. The summed E-state index contributed by atoms with van der Waals surface area (Å²) in [7, 11) is -2.32. The summed E-state index contributed by atoms with van der Waals surface area (Å²) in [5, 5.41) is 5.76. The molecule has 162 valence electrons. The number of anilines is 1. The van der Waals surface area contributed by atoms with E-state index < -0.39 is 15.9 Å². The van der Waals surface area contributed by atoms with Gasteiger partial charge in [-0.05, 0) is 53.4 Å². The van der Waals surface area contributed by atoms with Crippen LogP contribution in [0.3, 0.4) is 0 Å². The fourth-order valence-electron chi connectivity index (χ4n) is 4.06. The Labute approximate surface area is 182 Å². The van der Waals surface area contributed by atoms with Gasteiger partial charge in [0, 0.05) is 25.3 Å². The van der Waals surface area contributed by atoms with Crippen LogP contribution in [0.15, 0.2) is 71.6 Å². The molecule has 1 atom stereocenters.